The van der Waals surface area contributed by atoms with E-state index in [1.807, 2.05) is 36.4 Å². The summed E-state index contributed by atoms with van der Waals surface area (Å²) in [4.78, 5) is 11.7. The minimum atomic E-state index is -0.198. The van der Waals surface area contributed by atoms with Gasteiger partial charge in [-0.25, -0.2) is 4.79 Å². The van der Waals surface area contributed by atoms with Crippen LogP contribution in [0, 0.1) is 11.8 Å². The Morgan fingerprint density at radius 2 is 2.00 bits per heavy atom. The zero-order valence-electron chi connectivity index (χ0n) is 10.4. The number of carbonyl (C=O) groups excluding carboxylic acids is 1. The number of hydrogen-bond donors (Lipinski definition) is 0. The fraction of sp³-hybridized carbons (Fsp3) is 0.438. The molecular formula is C16H18O2. The molecule has 2 fully saturated rings. The summed E-state index contributed by atoms with van der Waals surface area (Å²) in [6.45, 7) is 0. The first kappa shape index (κ1) is 11.5. The van der Waals surface area contributed by atoms with E-state index in [0.29, 0.717) is 5.92 Å². The Kier molecular flexibility index (Phi) is 3.18. The Balaban J connectivity index is 1.55. The van der Waals surface area contributed by atoms with Crippen LogP contribution in [0.1, 0.15) is 31.2 Å². The van der Waals surface area contributed by atoms with Crippen LogP contribution in [0.25, 0.3) is 6.08 Å². The van der Waals surface area contributed by atoms with Crippen LogP contribution in [0.4, 0.5) is 0 Å². The summed E-state index contributed by atoms with van der Waals surface area (Å²) in [6.07, 6.45) is 8.45. The number of hydrogen-bond acceptors (Lipinski definition) is 2. The van der Waals surface area contributed by atoms with Crippen molar-refractivity contribution in [3.63, 3.8) is 0 Å². The molecule has 2 aliphatic rings. The summed E-state index contributed by atoms with van der Waals surface area (Å²) in [6, 6.07) is 9.83. The second-order valence-corrected chi connectivity index (χ2v) is 5.39. The number of rotatable bonds is 3. The summed E-state index contributed by atoms with van der Waals surface area (Å²) < 4.78 is 5.54. The quantitative estimate of drug-likeness (QED) is 0.599. The zero-order chi connectivity index (χ0) is 12.4. The molecule has 94 valence electrons. The van der Waals surface area contributed by atoms with Gasteiger partial charge >= 0.3 is 5.97 Å². The van der Waals surface area contributed by atoms with Crippen molar-refractivity contribution in [2.24, 2.45) is 11.8 Å². The third kappa shape index (κ3) is 2.47. The molecule has 0 spiro atoms. The van der Waals surface area contributed by atoms with Crippen molar-refractivity contribution in [1.82, 2.24) is 0 Å². The Labute approximate surface area is 108 Å². The zero-order valence-corrected chi connectivity index (χ0v) is 10.4. The number of carbonyl (C=O) groups is 1. The first-order chi connectivity index (χ1) is 8.81. The molecule has 0 aliphatic heterocycles. The second kappa shape index (κ2) is 4.97. The topological polar surface area (TPSA) is 26.3 Å². The molecule has 3 atom stereocenters. The van der Waals surface area contributed by atoms with Crippen LogP contribution in [-0.2, 0) is 9.53 Å². The molecule has 18 heavy (non-hydrogen) atoms. The lowest BCUT2D eigenvalue weighted by Gasteiger charge is -2.20. The van der Waals surface area contributed by atoms with Crippen LogP contribution in [0.5, 0.6) is 0 Å². The molecule has 0 saturated heterocycles. The lowest BCUT2D eigenvalue weighted by molar-refractivity contribution is -0.145. The number of fused-ring (bicyclic) bond motifs is 2. The monoisotopic (exact) mass is 242 g/mol. The number of ether oxygens (including phenoxy) is 1. The number of benzene rings is 1. The number of esters is 1. The maximum absolute atomic E-state index is 11.7. The molecule has 0 amide bonds. The molecule has 3 unspecified atom stereocenters. The highest BCUT2D eigenvalue weighted by atomic mass is 16.5. The van der Waals surface area contributed by atoms with Crippen molar-refractivity contribution >= 4 is 12.0 Å². The van der Waals surface area contributed by atoms with Gasteiger partial charge in [-0.1, -0.05) is 30.3 Å². The van der Waals surface area contributed by atoms with Gasteiger partial charge in [0.2, 0.25) is 0 Å². The fourth-order valence-corrected chi connectivity index (χ4v) is 3.25. The normalized spacial score (nSPS) is 29.9. The first-order valence-electron chi connectivity index (χ1n) is 6.75. The first-order valence-corrected chi connectivity index (χ1v) is 6.75. The van der Waals surface area contributed by atoms with Gasteiger partial charge in [0, 0.05) is 6.08 Å². The summed E-state index contributed by atoms with van der Waals surface area (Å²) in [5, 5.41) is 0. The van der Waals surface area contributed by atoms with Crippen LogP contribution < -0.4 is 0 Å². The molecule has 0 aromatic heterocycles. The molecule has 2 bridgehead atoms. The van der Waals surface area contributed by atoms with Crippen molar-refractivity contribution in [3.05, 3.63) is 42.0 Å². The Morgan fingerprint density at radius 3 is 2.67 bits per heavy atom. The fourth-order valence-electron chi connectivity index (χ4n) is 3.25. The molecule has 2 heteroatoms. The highest BCUT2D eigenvalue weighted by Gasteiger charge is 2.41. The van der Waals surface area contributed by atoms with Crippen molar-refractivity contribution < 1.29 is 9.53 Å². The van der Waals surface area contributed by atoms with Crippen molar-refractivity contribution in [1.29, 1.82) is 0 Å². The SMILES string of the molecule is O=C(/C=C/c1ccccc1)OC1CC2CCC1C2. The van der Waals surface area contributed by atoms with Gasteiger partial charge < -0.3 is 4.74 Å². The minimum absolute atomic E-state index is 0.177. The summed E-state index contributed by atoms with van der Waals surface area (Å²) in [5.41, 5.74) is 1.03. The Bertz CT molecular complexity index is 449. The highest BCUT2D eigenvalue weighted by molar-refractivity contribution is 5.87. The maximum Gasteiger partial charge on any atom is 0.331 e. The largest absolute Gasteiger partial charge is 0.459 e. The third-order valence-corrected chi connectivity index (χ3v) is 4.15. The van der Waals surface area contributed by atoms with E-state index in [2.05, 4.69) is 0 Å². The van der Waals surface area contributed by atoms with Crippen LogP contribution in [0.3, 0.4) is 0 Å². The maximum atomic E-state index is 11.7. The van der Waals surface area contributed by atoms with Gasteiger partial charge in [-0.05, 0) is 49.2 Å². The predicted molar refractivity (Wildman–Crippen MR) is 70.8 cm³/mol. The van der Waals surface area contributed by atoms with Gasteiger partial charge in [-0.15, -0.1) is 0 Å². The molecule has 0 N–H and O–H groups in total. The average Bonchev–Trinajstić information content (AvgIpc) is 3.00. The third-order valence-electron chi connectivity index (χ3n) is 4.15. The van der Waals surface area contributed by atoms with E-state index < -0.39 is 0 Å². The van der Waals surface area contributed by atoms with E-state index in [1.54, 1.807) is 6.08 Å². The molecule has 2 saturated carbocycles. The van der Waals surface area contributed by atoms with Crippen molar-refractivity contribution in [2.75, 3.05) is 0 Å². The van der Waals surface area contributed by atoms with Gasteiger partial charge in [-0.2, -0.15) is 0 Å². The van der Waals surface area contributed by atoms with Gasteiger partial charge in [-0.3, -0.25) is 0 Å². The highest BCUT2D eigenvalue weighted by Crippen LogP contribution is 2.45. The lowest BCUT2D eigenvalue weighted by Crippen LogP contribution is -2.22. The molecule has 2 aliphatic carbocycles. The Hall–Kier alpha value is -1.57. The van der Waals surface area contributed by atoms with E-state index >= 15 is 0 Å². The van der Waals surface area contributed by atoms with Gasteiger partial charge in [0.25, 0.3) is 0 Å². The minimum Gasteiger partial charge on any atom is -0.459 e. The average molecular weight is 242 g/mol. The second-order valence-electron chi connectivity index (χ2n) is 5.39. The predicted octanol–water partition coefficient (Wildman–Crippen LogP) is 3.43. The molecular weight excluding hydrogens is 224 g/mol. The summed E-state index contributed by atoms with van der Waals surface area (Å²) >= 11 is 0. The molecule has 3 rings (SSSR count). The van der Waals surface area contributed by atoms with E-state index in [1.165, 1.54) is 19.3 Å². The van der Waals surface area contributed by atoms with Crippen molar-refractivity contribution in [2.45, 2.75) is 31.8 Å². The van der Waals surface area contributed by atoms with E-state index in [4.69, 9.17) is 4.74 Å². The molecule has 1 aromatic rings. The van der Waals surface area contributed by atoms with Gasteiger partial charge in [0.15, 0.2) is 0 Å². The van der Waals surface area contributed by atoms with E-state index in [0.717, 1.165) is 17.9 Å². The van der Waals surface area contributed by atoms with E-state index in [-0.39, 0.29) is 12.1 Å². The standard InChI is InChI=1S/C16H18O2/c17-16(9-7-12-4-2-1-3-5-12)18-15-11-13-6-8-14(15)10-13/h1-5,7,9,13-15H,6,8,10-11H2/b9-7+. The van der Waals surface area contributed by atoms with Crippen LogP contribution in [-0.4, -0.2) is 12.1 Å². The van der Waals surface area contributed by atoms with E-state index in [9.17, 15) is 4.79 Å². The Morgan fingerprint density at radius 1 is 1.17 bits per heavy atom. The summed E-state index contributed by atoms with van der Waals surface area (Å²) in [7, 11) is 0. The molecule has 2 nitrogen and oxygen atoms in total. The lowest BCUT2D eigenvalue weighted by atomic mass is 9.98. The molecule has 1 aromatic carbocycles. The summed E-state index contributed by atoms with van der Waals surface area (Å²) in [5.74, 6) is 1.24. The van der Waals surface area contributed by atoms with Crippen LogP contribution in [0.15, 0.2) is 36.4 Å². The van der Waals surface area contributed by atoms with Gasteiger partial charge in [0.05, 0.1) is 0 Å². The molecule has 0 heterocycles. The van der Waals surface area contributed by atoms with Crippen molar-refractivity contribution in [3.8, 4) is 0 Å². The van der Waals surface area contributed by atoms with Gasteiger partial charge in [0.1, 0.15) is 6.10 Å². The molecule has 0 radical (unpaired) electrons. The van der Waals surface area contributed by atoms with Crippen LogP contribution >= 0.6 is 0 Å². The van der Waals surface area contributed by atoms with Crippen LogP contribution in [0.2, 0.25) is 0 Å². The smallest absolute Gasteiger partial charge is 0.331 e.